The first-order valence-electron chi connectivity index (χ1n) is 8.38. The van der Waals surface area contributed by atoms with Crippen molar-refractivity contribution >= 4 is 27.2 Å². The van der Waals surface area contributed by atoms with E-state index in [1.807, 2.05) is 0 Å². The molecule has 0 amide bonds. The van der Waals surface area contributed by atoms with Crippen LogP contribution in [0.4, 0.5) is 5.95 Å². The van der Waals surface area contributed by atoms with E-state index in [-0.39, 0.29) is 24.6 Å². The van der Waals surface area contributed by atoms with Crippen molar-refractivity contribution in [2.24, 2.45) is 0 Å². The zero-order chi connectivity index (χ0) is 18.7. The van der Waals surface area contributed by atoms with Crippen LogP contribution < -0.4 is 15.6 Å². The maximum absolute atomic E-state index is 12.0. The number of anilines is 1. The van der Waals surface area contributed by atoms with E-state index in [4.69, 9.17) is 5.11 Å². The van der Waals surface area contributed by atoms with Crippen LogP contribution in [0.15, 0.2) is 17.1 Å². The average molecular weight is 382 g/mol. The monoisotopic (exact) mass is 382 g/mol. The summed E-state index contributed by atoms with van der Waals surface area (Å²) in [5.74, 6) is 0.387. The lowest BCUT2D eigenvalue weighted by Gasteiger charge is -2.31. The summed E-state index contributed by atoms with van der Waals surface area (Å²) in [6, 6.07) is 1.73. The Balaban J connectivity index is 1.70. The molecular weight excluding hydrogens is 360 g/mol. The van der Waals surface area contributed by atoms with Gasteiger partial charge in [0.05, 0.1) is 0 Å². The normalized spacial score (nSPS) is 16.8. The van der Waals surface area contributed by atoms with Crippen LogP contribution in [0.2, 0.25) is 0 Å². The zero-order valence-corrected chi connectivity index (χ0v) is 15.2. The molecule has 2 aromatic heterocycles. The zero-order valence-electron chi connectivity index (χ0n) is 14.4. The Kier molecular flexibility index (Phi) is 5.51. The molecule has 4 N–H and O–H groups in total. The number of aromatic amines is 1. The van der Waals surface area contributed by atoms with Gasteiger partial charge in [-0.1, -0.05) is 0 Å². The smallest absolute Gasteiger partial charge is 0.279 e. The van der Waals surface area contributed by atoms with Crippen LogP contribution in [-0.2, 0) is 16.6 Å². The fraction of sp³-hybridized carbons (Fsp3) is 0.533. The number of H-pyrrole nitrogens is 1. The van der Waals surface area contributed by atoms with Crippen molar-refractivity contribution in [2.75, 3.05) is 32.1 Å². The van der Waals surface area contributed by atoms with E-state index in [2.05, 4.69) is 25.0 Å². The molecule has 0 saturated carbocycles. The summed E-state index contributed by atoms with van der Waals surface area (Å²) in [6.07, 6.45) is 3.16. The predicted molar refractivity (Wildman–Crippen MR) is 97.1 cm³/mol. The van der Waals surface area contributed by atoms with Gasteiger partial charge in [0, 0.05) is 56.4 Å². The van der Waals surface area contributed by atoms with Gasteiger partial charge in [0.2, 0.25) is 5.95 Å². The fourth-order valence-electron chi connectivity index (χ4n) is 2.97. The average Bonchev–Trinajstić information content (AvgIpc) is 2.63. The molecule has 10 nitrogen and oxygen atoms in total. The van der Waals surface area contributed by atoms with Crippen molar-refractivity contribution in [3.8, 4) is 0 Å². The number of aromatic nitrogens is 3. The summed E-state index contributed by atoms with van der Waals surface area (Å²) < 4.78 is 27.3. The third-order valence-electron chi connectivity index (χ3n) is 4.44. The van der Waals surface area contributed by atoms with E-state index < -0.39 is 10.2 Å². The molecule has 142 valence electrons. The minimum absolute atomic E-state index is 0.0520. The first-order chi connectivity index (χ1) is 12.4. The number of aliphatic hydroxyl groups is 1. The number of hydrogen-bond donors (Lipinski definition) is 4. The lowest BCUT2D eigenvalue weighted by atomic mass is 10.1. The molecule has 0 bridgehead atoms. The van der Waals surface area contributed by atoms with Gasteiger partial charge in [0.25, 0.3) is 15.8 Å². The number of nitrogens with one attached hydrogen (secondary N) is 3. The van der Waals surface area contributed by atoms with Gasteiger partial charge in [-0.05, 0) is 18.9 Å². The van der Waals surface area contributed by atoms with Crippen molar-refractivity contribution in [3.05, 3.63) is 28.2 Å². The Bertz CT molecular complexity index is 937. The maximum atomic E-state index is 12.0. The topological polar surface area (TPSA) is 140 Å². The van der Waals surface area contributed by atoms with Crippen molar-refractivity contribution in [3.63, 3.8) is 0 Å². The molecule has 0 unspecified atom stereocenters. The van der Waals surface area contributed by atoms with E-state index in [0.29, 0.717) is 48.5 Å². The van der Waals surface area contributed by atoms with Gasteiger partial charge >= 0.3 is 0 Å². The third kappa shape index (κ3) is 4.01. The second kappa shape index (κ2) is 7.66. The summed E-state index contributed by atoms with van der Waals surface area (Å²) in [5, 5.41) is 12.9. The van der Waals surface area contributed by atoms with E-state index in [1.54, 1.807) is 12.3 Å². The summed E-state index contributed by atoms with van der Waals surface area (Å²) in [4.78, 5) is 23.3. The largest absolute Gasteiger partial charge is 0.396 e. The van der Waals surface area contributed by atoms with Gasteiger partial charge in [0.15, 0.2) is 0 Å². The quantitative estimate of drug-likeness (QED) is 0.512. The Morgan fingerprint density at radius 2 is 2.12 bits per heavy atom. The highest BCUT2D eigenvalue weighted by Gasteiger charge is 2.27. The van der Waals surface area contributed by atoms with E-state index in [0.717, 1.165) is 0 Å². The van der Waals surface area contributed by atoms with Crippen LogP contribution in [0.3, 0.4) is 0 Å². The van der Waals surface area contributed by atoms with Crippen molar-refractivity contribution in [2.45, 2.75) is 25.3 Å². The molecular formula is C15H22N6O4S. The standard InChI is InChI=1S/C15H22N6O4S/c1-16-26(24,25)21-5-2-12(3-6-21)18-15-17-9-11-8-10(4-7-22)14(23)19-13(11)20-15/h8-9,12,16,22H,2-7H2,1H3,(H2,17,18,19,20,23). The molecule has 0 aromatic carbocycles. The van der Waals surface area contributed by atoms with Gasteiger partial charge in [-0.25, -0.2) is 9.71 Å². The predicted octanol–water partition coefficient (Wildman–Crippen LogP) is -0.807. The SMILES string of the molecule is CNS(=O)(=O)N1CCC(Nc2ncc3cc(CCO)c(=O)[nH]c3n2)CC1. The molecule has 1 aliphatic heterocycles. The van der Waals surface area contributed by atoms with Gasteiger partial charge in [-0.3, -0.25) is 4.79 Å². The lowest BCUT2D eigenvalue weighted by molar-refractivity contribution is 0.299. The van der Waals surface area contributed by atoms with Crippen molar-refractivity contribution < 1.29 is 13.5 Å². The highest BCUT2D eigenvalue weighted by molar-refractivity contribution is 7.87. The lowest BCUT2D eigenvalue weighted by Crippen LogP contribution is -2.46. The van der Waals surface area contributed by atoms with Crippen molar-refractivity contribution in [1.29, 1.82) is 0 Å². The molecule has 0 atom stereocenters. The Morgan fingerprint density at radius 3 is 2.77 bits per heavy atom. The highest BCUT2D eigenvalue weighted by atomic mass is 32.2. The van der Waals surface area contributed by atoms with E-state index >= 15 is 0 Å². The van der Waals surface area contributed by atoms with Crippen LogP contribution in [-0.4, -0.2) is 65.6 Å². The van der Waals surface area contributed by atoms with E-state index in [9.17, 15) is 13.2 Å². The van der Waals surface area contributed by atoms with Crippen LogP contribution in [0.25, 0.3) is 11.0 Å². The number of rotatable bonds is 6. The van der Waals surface area contributed by atoms with Gasteiger partial charge in [0.1, 0.15) is 5.65 Å². The number of pyridine rings is 1. The van der Waals surface area contributed by atoms with Crippen LogP contribution >= 0.6 is 0 Å². The first-order valence-corrected chi connectivity index (χ1v) is 9.82. The van der Waals surface area contributed by atoms with Crippen LogP contribution in [0, 0.1) is 0 Å². The minimum Gasteiger partial charge on any atom is -0.396 e. The summed E-state index contributed by atoms with van der Waals surface area (Å²) in [6.45, 7) is 0.725. The third-order valence-corrected chi connectivity index (χ3v) is 6.00. The summed E-state index contributed by atoms with van der Waals surface area (Å²) in [7, 11) is -2.00. The molecule has 0 radical (unpaired) electrons. The molecule has 0 aliphatic carbocycles. The number of piperidine rings is 1. The van der Waals surface area contributed by atoms with Gasteiger partial charge in [-0.15, -0.1) is 0 Å². The molecule has 1 saturated heterocycles. The van der Waals surface area contributed by atoms with Crippen LogP contribution in [0.1, 0.15) is 18.4 Å². The number of aliphatic hydroxyl groups excluding tert-OH is 1. The van der Waals surface area contributed by atoms with Gasteiger partial charge in [-0.2, -0.15) is 17.7 Å². The van der Waals surface area contributed by atoms with E-state index in [1.165, 1.54) is 11.4 Å². The second-order valence-corrected chi connectivity index (χ2v) is 8.00. The Hall–Kier alpha value is -2.08. The molecule has 2 aromatic rings. The fourth-order valence-corrected chi connectivity index (χ4v) is 3.92. The van der Waals surface area contributed by atoms with Gasteiger partial charge < -0.3 is 15.4 Å². The first kappa shape index (κ1) is 18.7. The Morgan fingerprint density at radius 1 is 1.38 bits per heavy atom. The number of hydrogen-bond acceptors (Lipinski definition) is 7. The molecule has 1 aliphatic rings. The number of nitrogens with zero attached hydrogens (tertiary/aromatic N) is 3. The maximum Gasteiger partial charge on any atom is 0.279 e. The minimum atomic E-state index is -3.39. The van der Waals surface area contributed by atoms with Crippen LogP contribution in [0.5, 0.6) is 0 Å². The molecule has 26 heavy (non-hydrogen) atoms. The Labute approximate surface area is 150 Å². The summed E-state index contributed by atoms with van der Waals surface area (Å²) >= 11 is 0. The molecule has 11 heteroatoms. The summed E-state index contributed by atoms with van der Waals surface area (Å²) in [5.41, 5.74) is 0.633. The number of fused-ring (bicyclic) bond motifs is 1. The molecule has 3 heterocycles. The van der Waals surface area contributed by atoms with Crippen molar-refractivity contribution in [1.82, 2.24) is 24.0 Å². The highest BCUT2D eigenvalue weighted by Crippen LogP contribution is 2.17. The molecule has 3 rings (SSSR count). The molecule has 0 spiro atoms. The molecule has 1 fully saturated rings. The second-order valence-electron chi connectivity index (χ2n) is 6.12.